The molecule has 3 rings (SSSR count). The van der Waals surface area contributed by atoms with Gasteiger partial charge in [0.2, 0.25) is 11.8 Å². The zero-order valence-electron chi connectivity index (χ0n) is 13.4. The van der Waals surface area contributed by atoms with Gasteiger partial charge in [0.05, 0.1) is 16.6 Å². The molecule has 3 heterocycles. The third kappa shape index (κ3) is 4.39. The number of rotatable bonds is 5. The van der Waals surface area contributed by atoms with E-state index in [4.69, 9.17) is 16.1 Å². The van der Waals surface area contributed by atoms with Crippen molar-refractivity contribution in [3.63, 3.8) is 0 Å². The molecule has 1 fully saturated rings. The van der Waals surface area contributed by atoms with Gasteiger partial charge >= 0.3 is 0 Å². The van der Waals surface area contributed by atoms with Gasteiger partial charge < -0.3 is 4.52 Å². The van der Waals surface area contributed by atoms with E-state index in [1.807, 2.05) is 4.90 Å². The summed E-state index contributed by atoms with van der Waals surface area (Å²) in [6.07, 6.45) is 0. The van der Waals surface area contributed by atoms with Gasteiger partial charge in [-0.15, -0.1) is 11.3 Å². The fourth-order valence-corrected chi connectivity index (χ4v) is 5.55. The van der Waals surface area contributed by atoms with E-state index in [9.17, 15) is 13.2 Å². The Morgan fingerprint density at radius 2 is 2.08 bits per heavy atom. The highest BCUT2D eigenvalue weighted by Crippen LogP contribution is 2.28. The van der Waals surface area contributed by atoms with Gasteiger partial charge in [0.15, 0.2) is 0 Å². The van der Waals surface area contributed by atoms with Crippen LogP contribution in [0.25, 0.3) is 0 Å². The number of hydrogen-bond acceptors (Lipinski definition) is 7. The Bertz CT molecular complexity index is 856. The highest BCUT2D eigenvalue weighted by Gasteiger charge is 2.30. The average Bonchev–Trinajstić information content (AvgIpc) is 3.16. The number of carbonyl (C=O) groups is 1. The number of nitrogens with one attached hydrogen (secondary N) is 1. The molecule has 25 heavy (non-hydrogen) atoms. The molecule has 0 unspecified atom stereocenters. The number of nitrogens with zero attached hydrogens (tertiary/aromatic N) is 3. The third-order valence-electron chi connectivity index (χ3n) is 3.73. The quantitative estimate of drug-likeness (QED) is 0.813. The van der Waals surface area contributed by atoms with E-state index in [0.29, 0.717) is 42.1 Å². The Balaban J connectivity index is 1.52. The molecule has 1 saturated heterocycles. The van der Waals surface area contributed by atoms with Crippen molar-refractivity contribution in [2.45, 2.75) is 11.1 Å². The molecular formula is C14H17ClN4O4S2. The van der Waals surface area contributed by atoms with Crippen LogP contribution >= 0.6 is 22.9 Å². The minimum absolute atomic E-state index is 0.165. The fraction of sp³-hybridized carbons (Fsp3) is 0.429. The monoisotopic (exact) mass is 404 g/mol. The molecule has 0 aromatic carbocycles. The van der Waals surface area contributed by atoms with Crippen molar-refractivity contribution in [3.05, 3.63) is 28.2 Å². The minimum atomic E-state index is -3.52. The predicted octanol–water partition coefficient (Wildman–Crippen LogP) is 1.64. The van der Waals surface area contributed by atoms with Crippen LogP contribution in [0, 0.1) is 6.92 Å². The van der Waals surface area contributed by atoms with Crippen LogP contribution in [-0.2, 0) is 14.8 Å². The fourth-order valence-electron chi connectivity index (χ4n) is 2.49. The summed E-state index contributed by atoms with van der Waals surface area (Å²) in [7, 11) is -3.52. The second kappa shape index (κ2) is 7.42. The first kappa shape index (κ1) is 18.3. The molecule has 136 valence electrons. The number of carbonyl (C=O) groups excluding carboxylic acids is 1. The normalized spacial score (nSPS) is 16.9. The summed E-state index contributed by atoms with van der Waals surface area (Å²) in [5.74, 6) is 0.0794. The number of aromatic nitrogens is 1. The lowest BCUT2D eigenvalue weighted by atomic mass is 10.3. The van der Waals surface area contributed by atoms with Gasteiger partial charge in [0, 0.05) is 32.2 Å². The van der Waals surface area contributed by atoms with E-state index in [1.165, 1.54) is 10.4 Å². The number of hydrogen-bond donors (Lipinski definition) is 1. The van der Waals surface area contributed by atoms with Crippen LogP contribution in [0.15, 0.2) is 26.9 Å². The van der Waals surface area contributed by atoms with Crippen LogP contribution in [0.4, 0.5) is 5.88 Å². The number of thiophene rings is 1. The van der Waals surface area contributed by atoms with E-state index in [1.54, 1.807) is 19.1 Å². The van der Waals surface area contributed by atoms with Gasteiger partial charge in [-0.2, -0.15) is 4.31 Å². The molecule has 2 aromatic rings. The topological polar surface area (TPSA) is 95.8 Å². The molecule has 0 aliphatic carbocycles. The lowest BCUT2D eigenvalue weighted by Crippen LogP contribution is -2.50. The standard InChI is InChI=1S/C14H17ClN4O4S2/c1-10-8-13(23-17-10)16-12(20)9-18-4-6-19(7-5-18)25(21,22)14-3-2-11(15)24-14/h2-3,8H,4-7,9H2,1H3,(H,16,20). The van der Waals surface area contributed by atoms with Crippen LogP contribution in [0.1, 0.15) is 5.69 Å². The molecule has 0 atom stereocenters. The molecule has 0 saturated carbocycles. The van der Waals surface area contributed by atoms with Crippen molar-refractivity contribution >= 4 is 44.8 Å². The van der Waals surface area contributed by atoms with Crippen molar-refractivity contribution < 1.29 is 17.7 Å². The van der Waals surface area contributed by atoms with Crippen LogP contribution in [-0.4, -0.2) is 61.4 Å². The molecule has 0 radical (unpaired) electrons. The van der Waals surface area contributed by atoms with Crippen molar-refractivity contribution in [1.29, 1.82) is 0 Å². The Labute approximate surface area is 154 Å². The van der Waals surface area contributed by atoms with Gasteiger partial charge in [-0.25, -0.2) is 8.42 Å². The third-order valence-corrected chi connectivity index (χ3v) is 7.33. The van der Waals surface area contributed by atoms with E-state index in [-0.39, 0.29) is 16.7 Å². The molecule has 0 spiro atoms. The molecular weight excluding hydrogens is 388 g/mol. The summed E-state index contributed by atoms with van der Waals surface area (Å²) in [4.78, 5) is 13.9. The minimum Gasteiger partial charge on any atom is -0.338 e. The van der Waals surface area contributed by atoms with Gasteiger partial charge in [0.1, 0.15) is 4.21 Å². The highest BCUT2D eigenvalue weighted by molar-refractivity contribution is 7.91. The predicted molar refractivity (Wildman–Crippen MR) is 94.4 cm³/mol. The molecule has 11 heteroatoms. The van der Waals surface area contributed by atoms with Crippen LogP contribution in [0.5, 0.6) is 0 Å². The molecule has 0 bridgehead atoms. The van der Waals surface area contributed by atoms with Gasteiger partial charge in [-0.3, -0.25) is 15.0 Å². The lowest BCUT2D eigenvalue weighted by molar-refractivity contribution is -0.117. The Kier molecular flexibility index (Phi) is 5.44. The summed E-state index contributed by atoms with van der Waals surface area (Å²) in [6, 6.07) is 4.72. The maximum Gasteiger partial charge on any atom is 0.252 e. The number of aryl methyl sites for hydroxylation is 1. The number of sulfonamides is 1. The van der Waals surface area contributed by atoms with E-state index in [2.05, 4.69) is 10.5 Å². The summed E-state index contributed by atoms with van der Waals surface area (Å²) in [6.45, 7) is 3.53. The van der Waals surface area contributed by atoms with E-state index < -0.39 is 10.0 Å². The molecule has 1 aliphatic heterocycles. The van der Waals surface area contributed by atoms with Crippen molar-refractivity contribution in [2.24, 2.45) is 0 Å². The molecule has 1 N–H and O–H groups in total. The largest absolute Gasteiger partial charge is 0.338 e. The molecule has 2 aromatic heterocycles. The second-order valence-corrected chi connectivity index (χ2v) is 9.50. The Morgan fingerprint density at radius 1 is 1.36 bits per heavy atom. The molecule has 1 amide bonds. The van der Waals surface area contributed by atoms with Gasteiger partial charge in [0.25, 0.3) is 10.0 Å². The zero-order chi connectivity index (χ0) is 18.0. The van der Waals surface area contributed by atoms with Crippen LogP contribution < -0.4 is 5.32 Å². The van der Waals surface area contributed by atoms with E-state index in [0.717, 1.165) is 11.3 Å². The van der Waals surface area contributed by atoms with Crippen LogP contribution in [0.3, 0.4) is 0 Å². The van der Waals surface area contributed by atoms with Gasteiger partial charge in [-0.05, 0) is 19.1 Å². The summed E-state index contributed by atoms with van der Waals surface area (Å²) in [5, 5.41) is 6.32. The summed E-state index contributed by atoms with van der Waals surface area (Å²) >= 11 is 6.87. The molecule has 1 aliphatic rings. The smallest absolute Gasteiger partial charge is 0.252 e. The first-order valence-electron chi connectivity index (χ1n) is 7.55. The highest BCUT2D eigenvalue weighted by atomic mass is 35.5. The maximum absolute atomic E-state index is 12.5. The van der Waals surface area contributed by atoms with E-state index >= 15 is 0 Å². The Hall–Kier alpha value is -1.46. The first-order valence-corrected chi connectivity index (χ1v) is 10.2. The lowest BCUT2D eigenvalue weighted by Gasteiger charge is -2.33. The van der Waals surface area contributed by atoms with Crippen LogP contribution in [0.2, 0.25) is 4.34 Å². The number of anilines is 1. The molecule has 8 nitrogen and oxygen atoms in total. The average molecular weight is 405 g/mol. The maximum atomic E-state index is 12.5. The SMILES string of the molecule is Cc1cc(NC(=O)CN2CCN(S(=O)(=O)c3ccc(Cl)s3)CC2)on1. The van der Waals surface area contributed by atoms with Crippen molar-refractivity contribution in [1.82, 2.24) is 14.4 Å². The van der Waals surface area contributed by atoms with Crippen molar-refractivity contribution in [3.8, 4) is 0 Å². The number of halogens is 1. The van der Waals surface area contributed by atoms with Gasteiger partial charge in [-0.1, -0.05) is 16.8 Å². The summed E-state index contributed by atoms with van der Waals surface area (Å²) < 4.78 is 32.1. The first-order chi connectivity index (χ1) is 11.8. The second-order valence-electron chi connectivity index (χ2n) is 5.62. The Morgan fingerprint density at radius 3 is 2.64 bits per heavy atom. The number of amides is 1. The van der Waals surface area contributed by atoms with Crippen molar-refractivity contribution in [2.75, 3.05) is 38.0 Å². The number of piperazine rings is 1. The zero-order valence-corrected chi connectivity index (χ0v) is 15.8. The summed E-state index contributed by atoms with van der Waals surface area (Å²) in [5.41, 5.74) is 0.683.